The van der Waals surface area contributed by atoms with E-state index in [1.807, 2.05) is 6.07 Å². The van der Waals surface area contributed by atoms with Crippen LogP contribution >= 0.6 is 12.2 Å². The molecule has 1 aliphatic rings. The Bertz CT molecular complexity index is 1190. The van der Waals surface area contributed by atoms with Crippen LogP contribution in [-0.2, 0) is 6.42 Å². The van der Waals surface area contributed by atoms with Crippen LogP contribution in [0.5, 0.6) is 0 Å². The van der Waals surface area contributed by atoms with Gasteiger partial charge in [-0.05, 0) is 95.5 Å². The number of rotatable bonds is 6. The summed E-state index contributed by atoms with van der Waals surface area (Å²) in [7, 11) is 0. The zero-order valence-electron chi connectivity index (χ0n) is 17.3. The van der Waals surface area contributed by atoms with E-state index in [9.17, 15) is 4.39 Å². The molecule has 0 unspecified atom stereocenters. The lowest BCUT2D eigenvalue weighted by Crippen LogP contribution is -1.89. The fourth-order valence-electron chi connectivity index (χ4n) is 4.13. The van der Waals surface area contributed by atoms with Crippen LogP contribution in [0.15, 0.2) is 65.2 Å². The normalized spacial score (nSPS) is 12.3. The highest BCUT2D eigenvalue weighted by Gasteiger charge is 2.14. The maximum atomic E-state index is 14.2. The molecule has 0 saturated heterocycles. The summed E-state index contributed by atoms with van der Waals surface area (Å²) in [6.07, 6.45) is 7.13. The molecule has 0 spiro atoms. The van der Waals surface area contributed by atoms with E-state index < -0.39 is 5.82 Å². The first-order valence-corrected chi connectivity index (χ1v) is 10.8. The Kier molecular flexibility index (Phi) is 6.03. The van der Waals surface area contributed by atoms with E-state index in [4.69, 9.17) is 0 Å². The molecule has 0 aliphatic heterocycles. The van der Waals surface area contributed by atoms with Crippen molar-refractivity contribution >= 4 is 29.1 Å². The number of fused-ring (bicyclic) bond motifs is 1. The number of hydrogen-bond donors (Lipinski definition) is 0. The maximum Gasteiger partial charge on any atom is 0.150 e. The molecule has 3 aromatic rings. The molecule has 1 aliphatic carbocycles. The van der Waals surface area contributed by atoms with E-state index in [0.29, 0.717) is 0 Å². The monoisotopic (exact) mass is 413 g/mol. The molecule has 30 heavy (non-hydrogen) atoms. The number of halogens is 1. The fraction of sp³-hybridized carbons (Fsp3) is 0.222. The number of aryl methyl sites for hydroxylation is 1. The number of nitrogens with zero attached hydrogens (tertiary/aromatic N) is 1. The highest BCUT2D eigenvalue weighted by molar-refractivity contribution is 7.78. The van der Waals surface area contributed by atoms with Gasteiger partial charge in [-0.1, -0.05) is 61.4 Å². The summed E-state index contributed by atoms with van der Waals surface area (Å²) >= 11 is 4.57. The molecule has 0 aromatic heterocycles. The summed E-state index contributed by atoms with van der Waals surface area (Å²) in [6, 6.07) is 18.1. The summed E-state index contributed by atoms with van der Waals surface area (Å²) in [5.74, 6) is -0.391. The minimum atomic E-state index is -0.391. The zero-order chi connectivity index (χ0) is 21.1. The van der Waals surface area contributed by atoms with Crippen molar-refractivity contribution in [2.75, 3.05) is 0 Å². The number of benzene rings is 3. The van der Waals surface area contributed by atoms with Gasteiger partial charge in [-0.3, -0.25) is 0 Å². The van der Waals surface area contributed by atoms with Crippen LogP contribution in [0.1, 0.15) is 42.9 Å². The molecule has 0 saturated carbocycles. The molecule has 0 atom stereocenters. The van der Waals surface area contributed by atoms with Crippen molar-refractivity contribution in [1.82, 2.24) is 0 Å². The van der Waals surface area contributed by atoms with Crippen LogP contribution in [0.2, 0.25) is 0 Å². The molecule has 0 N–H and O–H groups in total. The van der Waals surface area contributed by atoms with Crippen LogP contribution < -0.4 is 0 Å². The molecule has 1 nitrogen and oxygen atoms in total. The van der Waals surface area contributed by atoms with Crippen molar-refractivity contribution < 1.29 is 4.39 Å². The second kappa shape index (κ2) is 8.87. The molecule has 0 bridgehead atoms. The molecular formula is C27H24FNS. The van der Waals surface area contributed by atoms with Crippen LogP contribution in [0.4, 0.5) is 10.1 Å². The standard InChI is InChI=1S/C27H24FNS/c1-3-4-5-19-13-21-6-7-22(15-24(21)14-19)20-8-10-25(18(2)12-20)23-9-11-27(29-17-30)26(28)16-23/h6-12,14-16H,3-5,13H2,1-2H3. The van der Waals surface area contributed by atoms with E-state index in [-0.39, 0.29) is 5.69 Å². The molecular weight excluding hydrogens is 389 g/mol. The van der Waals surface area contributed by atoms with Gasteiger partial charge in [0, 0.05) is 0 Å². The molecule has 0 fully saturated rings. The van der Waals surface area contributed by atoms with Gasteiger partial charge in [-0.2, -0.15) is 4.99 Å². The summed E-state index contributed by atoms with van der Waals surface area (Å²) in [5, 5.41) is 2.22. The van der Waals surface area contributed by atoms with Gasteiger partial charge in [-0.15, -0.1) is 0 Å². The SMILES string of the molecule is CCCCC1=Cc2cc(-c3ccc(-c4ccc(N=C=S)c(F)c4)c(C)c3)ccc2C1. The van der Waals surface area contributed by atoms with Crippen LogP contribution in [-0.4, -0.2) is 5.16 Å². The summed E-state index contributed by atoms with van der Waals surface area (Å²) in [5.41, 5.74) is 9.87. The highest BCUT2D eigenvalue weighted by Crippen LogP contribution is 2.34. The largest absolute Gasteiger partial charge is 0.205 e. The predicted octanol–water partition coefficient (Wildman–Crippen LogP) is 8.33. The van der Waals surface area contributed by atoms with Crippen molar-refractivity contribution in [2.24, 2.45) is 4.99 Å². The molecule has 3 heteroatoms. The minimum absolute atomic E-state index is 0.215. The first-order chi connectivity index (χ1) is 14.6. The number of allylic oxidation sites excluding steroid dienone is 1. The Labute approximate surface area is 183 Å². The number of thiocarbonyl (C=S) groups is 1. The van der Waals surface area contributed by atoms with Crippen molar-refractivity contribution in [3.05, 3.63) is 82.7 Å². The fourth-order valence-corrected chi connectivity index (χ4v) is 4.23. The minimum Gasteiger partial charge on any atom is -0.205 e. The quantitative estimate of drug-likeness (QED) is 0.292. The molecule has 0 heterocycles. The van der Waals surface area contributed by atoms with Gasteiger partial charge >= 0.3 is 0 Å². The van der Waals surface area contributed by atoms with Crippen molar-refractivity contribution in [2.45, 2.75) is 39.5 Å². The summed E-state index contributed by atoms with van der Waals surface area (Å²) in [6.45, 7) is 4.30. The maximum absolute atomic E-state index is 14.2. The van der Waals surface area contributed by atoms with E-state index in [1.54, 1.807) is 11.6 Å². The molecule has 0 amide bonds. The number of hydrogen-bond acceptors (Lipinski definition) is 2. The Morgan fingerprint density at radius 2 is 1.77 bits per heavy atom. The second-order valence-corrected chi connectivity index (χ2v) is 8.08. The Morgan fingerprint density at radius 1 is 1.00 bits per heavy atom. The number of unbranched alkanes of at least 4 members (excludes halogenated alkanes) is 1. The van der Waals surface area contributed by atoms with Gasteiger partial charge in [0.2, 0.25) is 0 Å². The van der Waals surface area contributed by atoms with Gasteiger partial charge in [0.15, 0.2) is 0 Å². The number of isothiocyanates is 1. The average Bonchev–Trinajstić information content (AvgIpc) is 3.16. The Hall–Kier alpha value is -2.87. The zero-order valence-corrected chi connectivity index (χ0v) is 18.2. The average molecular weight is 414 g/mol. The Morgan fingerprint density at radius 3 is 2.50 bits per heavy atom. The second-order valence-electron chi connectivity index (χ2n) is 7.90. The third kappa shape index (κ3) is 4.18. The van der Waals surface area contributed by atoms with E-state index in [2.05, 4.69) is 78.7 Å². The highest BCUT2D eigenvalue weighted by atomic mass is 32.1. The smallest absolute Gasteiger partial charge is 0.150 e. The Balaban J connectivity index is 1.62. The van der Waals surface area contributed by atoms with Crippen molar-refractivity contribution in [3.63, 3.8) is 0 Å². The topological polar surface area (TPSA) is 12.4 Å². The van der Waals surface area contributed by atoms with Crippen LogP contribution in [0, 0.1) is 12.7 Å². The van der Waals surface area contributed by atoms with Gasteiger partial charge in [0.25, 0.3) is 0 Å². The van der Waals surface area contributed by atoms with Gasteiger partial charge in [-0.25, -0.2) is 4.39 Å². The van der Waals surface area contributed by atoms with Crippen molar-refractivity contribution in [1.29, 1.82) is 0 Å². The lowest BCUT2D eigenvalue weighted by molar-refractivity contribution is 0.630. The van der Waals surface area contributed by atoms with E-state index in [1.165, 1.54) is 47.6 Å². The third-order valence-electron chi connectivity index (χ3n) is 5.76. The number of aliphatic imine (C=N–C) groups is 1. The molecule has 4 rings (SSSR count). The van der Waals surface area contributed by atoms with Crippen molar-refractivity contribution in [3.8, 4) is 22.3 Å². The van der Waals surface area contributed by atoms with E-state index >= 15 is 0 Å². The first-order valence-electron chi connectivity index (χ1n) is 10.4. The molecule has 3 aromatic carbocycles. The van der Waals surface area contributed by atoms with Gasteiger partial charge in [0.1, 0.15) is 11.5 Å². The van der Waals surface area contributed by atoms with Gasteiger partial charge < -0.3 is 0 Å². The van der Waals surface area contributed by atoms with Crippen LogP contribution in [0.3, 0.4) is 0 Å². The lowest BCUT2D eigenvalue weighted by Gasteiger charge is -2.11. The summed E-state index contributed by atoms with van der Waals surface area (Å²) in [4.78, 5) is 3.75. The van der Waals surface area contributed by atoms with Gasteiger partial charge in [0.05, 0.1) is 5.16 Å². The lowest BCUT2D eigenvalue weighted by atomic mass is 9.94. The first kappa shape index (κ1) is 20.4. The van der Waals surface area contributed by atoms with E-state index in [0.717, 1.165) is 23.1 Å². The molecule has 0 radical (unpaired) electrons. The summed E-state index contributed by atoms with van der Waals surface area (Å²) < 4.78 is 14.2. The van der Waals surface area contributed by atoms with Crippen LogP contribution in [0.25, 0.3) is 28.3 Å². The molecule has 150 valence electrons. The third-order valence-corrected chi connectivity index (χ3v) is 5.85. The predicted molar refractivity (Wildman–Crippen MR) is 128 cm³/mol.